The van der Waals surface area contributed by atoms with Gasteiger partial charge in [-0.15, -0.1) is 0 Å². The van der Waals surface area contributed by atoms with E-state index in [1.165, 1.54) is 11.1 Å². The number of carboxylic acid groups (broad SMARTS) is 3. The molecule has 2 rings (SSSR count). The molecule has 4 N–H and O–H groups in total. The van der Waals surface area contributed by atoms with Gasteiger partial charge in [-0.25, -0.2) is 4.79 Å². The summed E-state index contributed by atoms with van der Waals surface area (Å²) in [6.07, 6.45) is -1.26. The third-order valence-corrected chi connectivity index (χ3v) is 3.38. The molecule has 0 amide bonds. The highest BCUT2D eigenvalue weighted by Crippen LogP contribution is 2.15. The minimum Gasteiger partial charge on any atom is -0.481 e. The maximum absolute atomic E-state index is 10.3. The predicted molar refractivity (Wildman–Crippen MR) is 92.8 cm³/mol. The second-order valence-corrected chi connectivity index (χ2v) is 5.63. The summed E-state index contributed by atoms with van der Waals surface area (Å²) < 4.78 is 0. The summed E-state index contributed by atoms with van der Waals surface area (Å²) in [6.45, 7) is 0. The summed E-state index contributed by atoms with van der Waals surface area (Å²) >= 11 is 0. The number of aliphatic carboxylic acids is 3. The maximum atomic E-state index is 10.3. The Bertz CT molecular complexity index is 673. The lowest BCUT2D eigenvalue weighted by molar-refractivity contribution is -0.170. The first-order valence-electron chi connectivity index (χ1n) is 7.70. The summed E-state index contributed by atoms with van der Waals surface area (Å²) in [7, 11) is 0. The fraction of sp³-hybridized carbons (Fsp3) is 0.211. The SMILES string of the molecule is O=C(O)CC(O)(CC(=O)O)C(=O)O.c1ccc(Cc2ccccc2)cc1. The Kier molecular flexibility index (Phi) is 7.98. The molecule has 7 heteroatoms. The molecule has 0 radical (unpaired) electrons. The largest absolute Gasteiger partial charge is 0.481 e. The Morgan fingerprint density at radius 2 is 1.04 bits per heavy atom. The van der Waals surface area contributed by atoms with E-state index in [2.05, 4.69) is 60.7 Å². The fourth-order valence-corrected chi connectivity index (χ4v) is 2.14. The fourth-order valence-electron chi connectivity index (χ4n) is 2.14. The van der Waals surface area contributed by atoms with Gasteiger partial charge in [0.05, 0.1) is 12.8 Å². The number of carboxylic acids is 3. The number of benzene rings is 2. The zero-order chi connectivity index (χ0) is 19.6. The summed E-state index contributed by atoms with van der Waals surface area (Å²) in [6, 6.07) is 21.1. The highest BCUT2D eigenvalue weighted by molar-refractivity contribution is 5.88. The molecular formula is C19H20O7. The lowest BCUT2D eigenvalue weighted by Gasteiger charge is -2.18. The van der Waals surface area contributed by atoms with Crippen LogP contribution in [0.5, 0.6) is 0 Å². The van der Waals surface area contributed by atoms with Crippen molar-refractivity contribution in [1.29, 1.82) is 0 Å². The van der Waals surface area contributed by atoms with Crippen LogP contribution in [0, 0.1) is 0 Å². The van der Waals surface area contributed by atoms with Gasteiger partial charge in [-0.2, -0.15) is 0 Å². The Morgan fingerprint density at radius 1 is 0.692 bits per heavy atom. The number of rotatable bonds is 7. The minimum absolute atomic E-state index is 1.03. The summed E-state index contributed by atoms with van der Waals surface area (Å²) in [5.74, 6) is -5.02. The zero-order valence-electron chi connectivity index (χ0n) is 13.9. The molecule has 138 valence electrons. The topological polar surface area (TPSA) is 132 Å². The molecule has 2 aromatic rings. The molecule has 0 heterocycles. The van der Waals surface area contributed by atoms with Gasteiger partial charge >= 0.3 is 17.9 Å². The number of aliphatic hydroxyl groups is 1. The molecule has 0 spiro atoms. The summed E-state index contributed by atoms with van der Waals surface area (Å²) in [5, 5.41) is 33.8. The van der Waals surface area contributed by atoms with Crippen molar-refractivity contribution in [2.45, 2.75) is 24.9 Å². The minimum atomic E-state index is -2.74. The van der Waals surface area contributed by atoms with Gasteiger partial charge in [0, 0.05) is 0 Å². The van der Waals surface area contributed by atoms with Crippen LogP contribution >= 0.6 is 0 Å². The van der Waals surface area contributed by atoms with Gasteiger partial charge in [0.15, 0.2) is 5.60 Å². The highest BCUT2D eigenvalue weighted by Gasteiger charge is 2.40. The van der Waals surface area contributed by atoms with Crippen LogP contribution in [0.1, 0.15) is 24.0 Å². The monoisotopic (exact) mass is 360 g/mol. The van der Waals surface area contributed by atoms with E-state index in [9.17, 15) is 14.4 Å². The molecule has 0 unspecified atom stereocenters. The standard InChI is InChI=1S/C13H12.C6H8O7/c1-3-7-12(8-4-1)11-13-9-5-2-6-10-13;7-3(8)1-6(13,5(11)12)2-4(9)10/h1-10H,11H2;13H,1-2H2,(H,7,8)(H,9,10)(H,11,12). The maximum Gasteiger partial charge on any atom is 0.336 e. The van der Waals surface area contributed by atoms with Crippen molar-refractivity contribution in [2.24, 2.45) is 0 Å². The van der Waals surface area contributed by atoms with E-state index in [0.29, 0.717) is 0 Å². The number of hydrogen-bond donors (Lipinski definition) is 4. The first-order chi connectivity index (χ1) is 12.2. The quantitative estimate of drug-likeness (QED) is 0.594. The van der Waals surface area contributed by atoms with Crippen LogP contribution in [-0.4, -0.2) is 43.9 Å². The van der Waals surface area contributed by atoms with E-state index in [1.807, 2.05) is 0 Å². The first-order valence-corrected chi connectivity index (χ1v) is 7.70. The third kappa shape index (κ3) is 7.59. The highest BCUT2D eigenvalue weighted by atomic mass is 16.4. The van der Waals surface area contributed by atoms with E-state index in [0.717, 1.165) is 6.42 Å². The van der Waals surface area contributed by atoms with Crippen molar-refractivity contribution in [3.63, 3.8) is 0 Å². The van der Waals surface area contributed by atoms with Crippen LogP contribution < -0.4 is 0 Å². The van der Waals surface area contributed by atoms with Crippen molar-refractivity contribution >= 4 is 17.9 Å². The molecule has 26 heavy (non-hydrogen) atoms. The van der Waals surface area contributed by atoms with Gasteiger partial charge in [0.1, 0.15) is 0 Å². The molecule has 0 atom stereocenters. The van der Waals surface area contributed by atoms with E-state index in [4.69, 9.17) is 20.4 Å². The molecule has 7 nitrogen and oxygen atoms in total. The molecule has 0 saturated heterocycles. The number of hydrogen-bond acceptors (Lipinski definition) is 4. The molecule has 0 aromatic heterocycles. The Hall–Kier alpha value is -3.19. The van der Waals surface area contributed by atoms with Crippen LogP contribution in [-0.2, 0) is 20.8 Å². The van der Waals surface area contributed by atoms with E-state index in [-0.39, 0.29) is 0 Å². The van der Waals surface area contributed by atoms with Gasteiger partial charge < -0.3 is 20.4 Å². The number of carbonyl (C=O) groups is 3. The zero-order valence-corrected chi connectivity index (χ0v) is 13.9. The Balaban J connectivity index is 0.000000260. The van der Waals surface area contributed by atoms with Gasteiger partial charge in [-0.05, 0) is 17.5 Å². The van der Waals surface area contributed by atoms with E-state index in [1.54, 1.807) is 0 Å². The lowest BCUT2D eigenvalue weighted by atomic mass is 9.96. The second-order valence-electron chi connectivity index (χ2n) is 5.63. The average Bonchev–Trinajstić information content (AvgIpc) is 2.55. The summed E-state index contributed by atoms with van der Waals surface area (Å²) in [4.78, 5) is 30.5. The molecule has 0 fully saturated rings. The van der Waals surface area contributed by atoms with Gasteiger partial charge in [0.2, 0.25) is 0 Å². The second kappa shape index (κ2) is 9.95. The van der Waals surface area contributed by atoms with Crippen LogP contribution in [0.15, 0.2) is 60.7 Å². The Labute approximate surface area is 150 Å². The first kappa shape index (κ1) is 20.9. The lowest BCUT2D eigenvalue weighted by Crippen LogP contribution is -2.42. The van der Waals surface area contributed by atoms with Crippen LogP contribution in [0.2, 0.25) is 0 Å². The summed E-state index contributed by atoms with van der Waals surface area (Å²) in [5.41, 5.74) is -0.0000926. The van der Waals surface area contributed by atoms with Crippen molar-refractivity contribution < 1.29 is 34.8 Å². The van der Waals surface area contributed by atoms with Gasteiger partial charge in [-0.3, -0.25) is 9.59 Å². The van der Waals surface area contributed by atoms with Gasteiger partial charge in [0.25, 0.3) is 0 Å². The normalized spacial score (nSPS) is 10.3. The molecule has 0 aliphatic rings. The molecule has 0 aliphatic carbocycles. The third-order valence-electron chi connectivity index (χ3n) is 3.38. The molecule has 0 bridgehead atoms. The van der Waals surface area contributed by atoms with Crippen molar-refractivity contribution in [3.8, 4) is 0 Å². The van der Waals surface area contributed by atoms with Gasteiger partial charge in [-0.1, -0.05) is 60.7 Å². The van der Waals surface area contributed by atoms with Crippen molar-refractivity contribution in [3.05, 3.63) is 71.8 Å². The molecule has 0 aliphatic heterocycles. The average molecular weight is 360 g/mol. The van der Waals surface area contributed by atoms with E-state index < -0.39 is 36.4 Å². The smallest absolute Gasteiger partial charge is 0.336 e. The molecule has 2 aromatic carbocycles. The van der Waals surface area contributed by atoms with Crippen LogP contribution in [0.4, 0.5) is 0 Å². The Morgan fingerprint density at radius 3 is 1.31 bits per heavy atom. The molecule has 0 saturated carbocycles. The van der Waals surface area contributed by atoms with E-state index >= 15 is 0 Å². The van der Waals surface area contributed by atoms with Crippen LogP contribution in [0.3, 0.4) is 0 Å². The van der Waals surface area contributed by atoms with Crippen molar-refractivity contribution in [1.82, 2.24) is 0 Å². The predicted octanol–water partition coefficient (Wildman–Crippen LogP) is 2.03. The van der Waals surface area contributed by atoms with Crippen LogP contribution in [0.25, 0.3) is 0 Å². The molecular weight excluding hydrogens is 340 g/mol. The van der Waals surface area contributed by atoms with Crippen molar-refractivity contribution in [2.75, 3.05) is 0 Å².